The molecule has 0 saturated heterocycles. The van der Waals surface area contributed by atoms with Crippen LogP contribution in [-0.4, -0.2) is 51.0 Å². The molecule has 2 amide bonds. The van der Waals surface area contributed by atoms with Crippen LogP contribution in [0, 0.1) is 5.41 Å². The van der Waals surface area contributed by atoms with Crippen LogP contribution in [0.3, 0.4) is 0 Å². The van der Waals surface area contributed by atoms with Gasteiger partial charge < -0.3 is 19.9 Å². The van der Waals surface area contributed by atoms with E-state index in [0.717, 1.165) is 17.8 Å². The molecule has 200 valence electrons. The number of anilines is 2. The minimum absolute atomic E-state index is 0.0987. The van der Waals surface area contributed by atoms with Gasteiger partial charge in [-0.1, -0.05) is 20.8 Å². The number of rotatable bonds is 11. The predicted molar refractivity (Wildman–Crippen MR) is 153 cm³/mol. The molecule has 0 aliphatic heterocycles. The second-order valence-electron chi connectivity index (χ2n) is 9.95. The van der Waals surface area contributed by atoms with E-state index in [1.165, 1.54) is 0 Å². The number of carbonyl (C=O) groups is 2. The van der Waals surface area contributed by atoms with Crippen LogP contribution in [0.1, 0.15) is 37.6 Å². The number of amides is 2. The maximum atomic E-state index is 12.7. The molecule has 0 bridgehead atoms. The molecule has 3 rings (SSSR count). The Balaban J connectivity index is 1.48. The molecule has 0 aliphatic rings. The molecular weight excluding hydrogens is 478 g/mol. The Morgan fingerprint density at radius 3 is 1.92 bits per heavy atom. The van der Waals surface area contributed by atoms with Gasteiger partial charge >= 0.3 is 0 Å². The van der Waals surface area contributed by atoms with E-state index in [1.54, 1.807) is 60.5 Å². The summed E-state index contributed by atoms with van der Waals surface area (Å²) in [6.45, 7) is 6.77. The molecule has 0 saturated carbocycles. The van der Waals surface area contributed by atoms with Gasteiger partial charge in [-0.05, 0) is 79.2 Å². The quantitative estimate of drug-likeness (QED) is 0.288. The van der Waals surface area contributed by atoms with E-state index in [1.807, 2.05) is 64.0 Å². The van der Waals surface area contributed by atoms with Crippen molar-refractivity contribution in [2.45, 2.75) is 27.2 Å². The predicted octanol–water partition coefficient (Wildman–Crippen LogP) is 6.69. The first kappa shape index (κ1) is 28.4. The standard InChI is InChI=1S/C30H37N5O3/c1-7-30(2,3)29(37)35(6)20-21-38-27-18-8-22(9-19-27)28(36)31-23-10-12-24(13-11-23)32-33-25-14-16-26(17-15-25)34(4)5/h8-19H,7,20-21H2,1-6H3,(H,31,36). The van der Waals surface area contributed by atoms with Crippen LogP contribution in [0.4, 0.5) is 22.7 Å². The molecule has 0 unspecified atom stereocenters. The van der Waals surface area contributed by atoms with Gasteiger partial charge in [0.05, 0.1) is 17.9 Å². The van der Waals surface area contributed by atoms with Crippen LogP contribution in [0.2, 0.25) is 0 Å². The number of hydrogen-bond acceptors (Lipinski definition) is 6. The van der Waals surface area contributed by atoms with E-state index in [9.17, 15) is 9.59 Å². The molecule has 0 fully saturated rings. The average Bonchev–Trinajstić information content (AvgIpc) is 2.92. The lowest BCUT2D eigenvalue weighted by molar-refractivity contribution is -0.139. The van der Waals surface area contributed by atoms with E-state index < -0.39 is 0 Å². The van der Waals surface area contributed by atoms with Gasteiger partial charge in [0.1, 0.15) is 12.4 Å². The summed E-state index contributed by atoms with van der Waals surface area (Å²) >= 11 is 0. The summed E-state index contributed by atoms with van der Waals surface area (Å²) in [6.07, 6.45) is 0.780. The maximum Gasteiger partial charge on any atom is 0.255 e. The first-order valence-electron chi connectivity index (χ1n) is 12.7. The van der Waals surface area contributed by atoms with Gasteiger partial charge in [0.15, 0.2) is 0 Å². The summed E-state index contributed by atoms with van der Waals surface area (Å²) in [7, 11) is 5.76. The van der Waals surface area contributed by atoms with Gasteiger partial charge in [-0.2, -0.15) is 10.2 Å². The van der Waals surface area contributed by atoms with E-state index in [-0.39, 0.29) is 17.2 Å². The van der Waals surface area contributed by atoms with Crippen LogP contribution >= 0.6 is 0 Å². The fourth-order valence-corrected chi connectivity index (χ4v) is 3.52. The molecule has 0 radical (unpaired) electrons. The monoisotopic (exact) mass is 515 g/mol. The number of ether oxygens (including phenoxy) is 1. The van der Waals surface area contributed by atoms with Crippen molar-refractivity contribution in [3.05, 3.63) is 78.4 Å². The number of benzene rings is 3. The lowest BCUT2D eigenvalue weighted by atomic mass is 9.89. The summed E-state index contributed by atoms with van der Waals surface area (Å²) in [4.78, 5) is 28.8. The Morgan fingerprint density at radius 1 is 0.842 bits per heavy atom. The summed E-state index contributed by atoms with van der Waals surface area (Å²) in [6, 6.07) is 21.9. The number of hydrogen-bond donors (Lipinski definition) is 1. The highest BCUT2D eigenvalue weighted by Crippen LogP contribution is 2.24. The summed E-state index contributed by atoms with van der Waals surface area (Å²) in [5.41, 5.74) is 3.34. The topological polar surface area (TPSA) is 86.6 Å². The van der Waals surface area contributed by atoms with Crippen molar-refractivity contribution in [3.63, 3.8) is 0 Å². The van der Waals surface area contributed by atoms with Crippen molar-refractivity contribution in [3.8, 4) is 5.75 Å². The highest BCUT2D eigenvalue weighted by atomic mass is 16.5. The minimum atomic E-state index is -0.382. The molecular formula is C30H37N5O3. The van der Waals surface area contributed by atoms with Crippen LogP contribution in [0.25, 0.3) is 0 Å². The zero-order valence-corrected chi connectivity index (χ0v) is 23.1. The van der Waals surface area contributed by atoms with Gasteiger partial charge in [-0.3, -0.25) is 9.59 Å². The second kappa shape index (κ2) is 12.9. The number of nitrogens with zero attached hydrogens (tertiary/aromatic N) is 4. The molecule has 38 heavy (non-hydrogen) atoms. The SMILES string of the molecule is CCC(C)(C)C(=O)N(C)CCOc1ccc(C(=O)Nc2ccc(N=Nc3ccc(N(C)C)cc3)cc2)cc1. The lowest BCUT2D eigenvalue weighted by Crippen LogP contribution is -2.40. The van der Waals surface area contributed by atoms with Gasteiger partial charge in [-0.25, -0.2) is 0 Å². The van der Waals surface area contributed by atoms with E-state index in [4.69, 9.17) is 4.74 Å². The van der Waals surface area contributed by atoms with Crippen LogP contribution in [-0.2, 0) is 4.79 Å². The number of likely N-dealkylation sites (N-methyl/N-ethyl adjacent to an activating group) is 1. The summed E-state index contributed by atoms with van der Waals surface area (Å²) < 4.78 is 5.76. The maximum absolute atomic E-state index is 12.7. The first-order chi connectivity index (χ1) is 18.1. The Morgan fingerprint density at radius 2 is 1.39 bits per heavy atom. The zero-order valence-electron chi connectivity index (χ0n) is 23.1. The third kappa shape index (κ3) is 7.90. The van der Waals surface area contributed by atoms with E-state index in [2.05, 4.69) is 15.5 Å². The molecule has 1 N–H and O–H groups in total. The molecule has 3 aromatic carbocycles. The van der Waals surface area contributed by atoms with E-state index >= 15 is 0 Å². The van der Waals surface area contributed by atoms with Crippen molar-refractivity contribution in [2.75, 3.05) is 44.5 Å². The smallest absolute Gasteiger partial charge is 0.255 e. The molecule has 0 spiro atoms. The van der Waals surface area contributed by atoms with Gasteiger partial charge in [0.25, 0.3) is 5.91 Å². The number of nitrogens with one attached hydrogen (secondary N) is 1. The Bertz CT molecular complexity index is 1230. The van der Waals surface area contributed by atoms with Crippen molar-refractivity contribution in [1.82, 2.24) is 4.90 Å². The molecule has 8 nitrogen and oxygen atoms in total. The Hall–Kier alpha value is -4.20. The fraction of sp³-hybridized carbons (Fsp3) is 0.333. The van der Waals surface area contributed by atoms with Crippen molar-refractivity contribution in [1.29, 1.82) is 0 Å². The van der Waals surface area contributed by atoms with Crippen LogP contribution < -0.4 is 15.0 Å². The van der Waals surface area contributed by atoms with Gasteiger partial charge in [-0.15, -0.1) is 0 Å². The van der Waals surface area contributed by atoms with Crippen LogP contribution in [0.15, 0.2) is 83.0 Å². The largest absolute Gasteiger partial charge is 0.492 e. The van der Waals surface area contributed by atoms with E-state index in [0.29, 0.717) is 35.8 Å². The Kier molecular flexibility index (Phi) is 9.60. The minimum Gasteiger partial charge on any atom is -0.492 e. The molecule has 0 aromatic heterocycles. The Labute approximate surface area is 225 Å². The zero-order chi connectivity index (χ0) is 27.7. The lowest BCUT2D eigenvalue weighted by Gasteiger charge is -2.28. The summed E-state index contributed by atoms with van der Waals surface area (Å²) in [5, 5.41) is 11.4. The van der Waals surface area contributed by atoms with Gasteiger partial charge in [0.2, 0.25) is 5.91 Å². The van der Waals surface area contributed by atoms with Crippen molar-refractivity contribution < 1.29 is 14.3 Å². The average molecular weight is 516 g/mol. The summed E-state index contributed by atoms with van der Waals surface area (Å²) in [5.74, 6) is 0.517. The highest BCUT2D eigenvalue weighted by molar-refractivity contribution is 6.04. The van der Waals surface area contributed by atoms with Crippen LogP contribution in [0.5, 0.6) is 5.75 Å². The molecule has 3 aromatic rings. The third-order valence-corrected chi connectivity index (χ3v) is 6.39. The number of azo groups is 1. The second-order valence-corrected chi connectivity index (χ2v) is 9.95. The van der Waals surface area contributed by atoms with Gasteiger partial charge in [0, 0.05) is 43.5 Å². The van der Waals surface area contributed by atoms with Crippen molar-refractivity contribution in [2.24, 2.45) is 15.6 Å². The molecule has 0 atom stereocenters. The third-order valence-electron chi connectivity index (χ3n) is 6.39. The highest BCUT2D eigenvalue weighted by Gasteiger charge is 2.28. The first-order valence-corrected chi connectivity index (χ1v) is 12.7. The molecule has 0 heterocycles. The fourth-order valence-electron chi connectivity index (χ4n) is 3.52. The molecule has 8 heteroatoms. The molecule has 0 aliphatic carbocycles. The van der Waals surface area contributed by atoms with Crippen molar-refractivity contribution >= 4 is 34.6 Å². The normalized spacial score (nSPS) is 11.3. The number of carbonyl (C=O) groups excluding carboxylic acids is 2.